The fourth-order valence-electron chi connectivity index (χ4n) is 2.36. The second kappa shape index (κ2) is 7.63. The molecule has 0 spiro atoms. The van der Waals surface area contributed by atoms with Crippen molar-refractivity contribution < 1.29 is 0 Å². The van der Waals surface area contributed by atoms with Crippen LogP contribution in [0.3, 0.4) is 0 Å². The lowest BCUT2D eigenvalue weighted by Gasteiger charge is -2.27. The molecule has 4 heteroatoms. The lowest BCUT2D eigenvalue weighted by atomic mass is 9.85. The van der Waals surface area contributed by atoms with Crippen molar-refractivity contribution in [3.63, 3.8) is 0 Å². The Bertz CT molecular complexity index is 341. The minimum Gasteiger partial charge on any atom is -0.329 e. The van der Waals surface area contributed by atoms with E-state index in [2.05, 4.69) is 60.4 Å². The number of thiophene rings is 1. The van der Waals surface area contributed by atoms with Gasteiger partial charge in [0, 0.05) is 15.9 Å². The first kappa shape index (κ1) is 16.2. The summed E-state index contributed by atoms with van der Waals surface area (Å²) < 4.78 is 1.17. The van der Waals surface area contributed by atoms with Crippen LogP contribution in [0, 0.1) is 17.8 Å². The number of hydrogen-bond donors (Lipinski definition) is 2. The molecule has 0 saturated heterocycles. The molecule has 1 unspecified atom stereocenters. The molecule has 1 rings (SSSR count). The van der Waals surface area contributed by atoms with Crippen LogP contribution in [-0.4, -0.2) is 13.1 Å². The van der Waals surface area contributed by atoms with Crippen LogP contribution in [0.1, 0.15) is 38.6 Å². The third-order valence-corrected chi connectivity index (χ3v) is 5.49. The molecule has 1 heterocycles. The van der Waals surface area contributed by atoms with Gasteiger partial charge in [-0.3, -0.25) is 0 Å². The van der Waals surface area contributed by atoms with E-state index in [0.29, 0.717) is 24.3 Å². The molecule has 0 fully saturated rings. The molecule has 1 aromatic rings. The lowest BCUT2D eigenvalue weighted by molar-refractivity contribution is 0.266. The Morgan fingerprint density at radius 3 is 2.28 bits per heavy atom. The van der Waals surface area contributed by atoms with Crippen molar-refractivity contribution in [1.29, 1.82) is 0 Å². The predicted octanol–water partition coefficient (Wildman–Crippen LogP) is 4.03. The first-order valence-electron chi connectivity index (χ1n) is 6.63. The molecule has 104 valence electrons. The van der Waals surface area contributed by atoms with E-state index in [4.69, 9.17) is 5.73 Å². The summed E-state index contributed by atoms with van der Waals surface area (Å²) in [4.78, 5) is 1.31. The molecule has 1 atom stereocenters. The molecule has 0 aliphatic heterocycles. The zero-order valence-corrected chi connectivity index (χ0v) is 14.1. The fourth-order valence-corrected chi connectivity index (χ4v) is 4.10. The summed E-state index contributed by atoms with van der Waals surface area (Å²) in [5.74, 6) is 2.09. The van der Waals surface area contributed by atoms with Gasteiger partial charge in [-0.25, -0.2) is 0 Å². The maximum absolute atomic E-state index is 5.89. The highest BCUT2D eigenvalue weighted by Crippen LogP contribution is 2.29. The highest BCUT2D eigenvalue weighted by molar-refractivity contribution is 9.10. The van der Waals surface area contributed by atoms with Gasteiger partial charge in [0.1, 0.15) is 0 Å². The molecule has 0 radical (unpaired) electrons. The molecule has 0 amide bonds. The second-order valence-corrected chi connectivity index (χ2v) is 7.28. The fraction of sp³-hybridized carbons (Fsp3) is 0.714. The molecule has 0 aliphatic carbocycles. The van der Waals surface area contributed by atoms with Crippen LogP contribution in [0.25, 0.3) is 0 Å². The third kappa shape index (κ3) is 4.34. The van der Waals surface area contributed by atoms with Crippen LogP contribution in [-0.2, 0) is 0 Å². The number of rotatable bonds is 7. The van der Waals surface area contributed by atoms with Crippen LogP contribution in [0.2, 0.25) is 0 Å². The van der Waals surface area contributed by atoms with Crippen LogP contribution in [0.5, 0.6) is 0 Å². The lowest BCUT2D eigenvalue weighted by Crippen LogP contribution is -2.35. The highest BCUT2D eigenvalue weighted by atomic mass is 79.9. The molecule has 18 heavy (non-hydrogen) atoms. The number of nitrogens with one attached hydrogen (secondary N) is 1. The van der Waals surface area contributed by atoms with Crippen LogP contribution in [0.4, 0.5) is 0 Å². The minimum absolute atomic E-state index is 0.263. The Kier molecular flexibility index (Phi) is 6.85. The molecule has 0 aromatic carbocycles. The van der Waals surface area contributed by atoms with E-state index in [1.807, 2.05) is 0 Å². The maximum atomic E-state index is 5.89. The molecular formula is C14H25BrN2S. The standard InChI is InChI=1S/C14H25BrN2S/c1-9(2)11(10(3)4)8-17-13(7-16)14-12(15)5-6-18-14/h5-6,9-11,13,17H,7-8,16H2,1-4H3. The third-order valence-electron chi connectivity index (χ3n) is 3.51. The topological polar surface area (TPSA) is 38.0 Å². The summed E-state index contributed by atoms with van der Waals surface area (Å²) >= 11 is 5.35. The first-order valence-corrected chi connectivity index (χ1v) is 8.31. The largest absolute Gasteiger partial charge is 0.329 e. The zero-order chi connectivity index (χ0) is 13.7. The number of halogens is 1. The van der Waals surface area contributed by atoms with Gasteiger partial charge in [0.2, 0.25) is 0 Å². The second-order valence-electron chi connectivity index (χ2n) is 5.48. The predicted molar refractivity (Wildman–Crippen MR) is 85.0 cm³/mol. The van der Waals surface area contributed by atoms with Crippen molar-refractivity contribution in [3.05, 3.63) is 20.8 Å². The van der Waals surface area contributed by atoms with E-state index >= 15 is 0 Å². The van der Waals surface area contributed by atoms with Crippen molar-refractivity contribution >= 4 is 27.3 Å². The summed E-state index contributed by atoms with van der Waals surface area (Å²) in [5, 5.41) is 5.73. The summed E-state index contributed by atoms with van der Waals surface area (Å²) in [6.45, 7) is 10.9. The van der Waals surface area contributed by atoms with Gasteiger partial charge in [-0.2, -0.15) is 0 Å². The average molecular weight is 333 g/mol. The van der Waals surface area contributed by atoms with Gasteiger partial charge in [-0.05, 0) is 51.7 Å². The van der Waals surface area contributed by atoms with Gasteiger partial charge in [-0.1, -0.05) is 27.7 Å². The Morgan fingerprint density at radius 1 is 1.28 bits per heavy atom. The van der Waals surface area contributed by atoms with E-state index in [1.54, 1.807) is 11.3 Å². The molecule has 0 aliphatic rings. The van der Waals surface area contributed by atoms with Crippen molar-refractivity contribution in [2.24, 2.45) is 23.5 Å². The Hall–Kier alpha value is 0.100. The highest BCUT2D eigenvalue weighted by Gasteiger charge is 2.20. The Labute approximate surface area is 123 Å². The van der Waals surface area contributed by atoms with Crippen molar-refractivity contribution in [1.82, 2.24) is 5.32 Å². The Balaban J connectivity index is 2.62. The van der Waals surface area contributed by atoms with Crippen molar-refractivity contribution in [3.8, 4) is 0 Å². The van der Waals surface area contributed by atoms with Crippen molar-refractivity contribution in [2.45, 2.75) is 33.7 Å². The monoisotopic (exact) mass is 332 g/mol. The average Bonchev–Trinajstić information content (AvgIpc) is 2.70. The van der Waals surface area contributed by atoms with Crippen LogP contribution >= 0.6 is 27.3 Å². The van der Waals surface area contributed by atoms with Gasteiger partial charge in [0.15, 0.2) is 0 Å². The molecule has 1 aromatic heterocycles. The number of nitrogens with two attached hydrogens (primary N) is 1. The SMILES string of the molecule is CC(C)C(CNC(CN)c1sccc1Br)C(C)C. The van der Waals surface area contributed by atoms with E-state index in [9.17, 15) is 0 Å². The van der Waals surface area contributed by atoms with E-state index in [0.717, 1.165) is 6.54 Å². The van der Waals surface area contributed by atoms with Gasteiger partial charge in [-0.15, -0.1) is 11.3 Å². The van der Waals surface area contributed by atoms with Gasteiger partial charge < -0.3 is 11.1 Å². The molecule has 0 saturated carbocycles. The molecular weight excluding hydrogens is 308 g/mol. The summed E-state index contributed by atoms with van der Waals surface area (Å²) in [6, 6.07) is 2.35. The summed E-state index contributed by atoms with van der Waals surface area (Å²) in [6.07, 6.45) is 0. The van der Waals surface area contributed by atoms with Gasteiger partial charge in [0.05, 0.1) is 6.04 Å². The molecule has 2 nitrogen and oxygen atoms in total. The minimum atomic E-state index is 0.263. The van der Waals surface area contributed by atoms with E-state index in [1.165, 1.54) is 9.35 Å². The Morgan fingerprint density at radius 2 is 1.89 bits per heavy atom. The maximum Gasteiger partial charge on any atom is 0.0550 e. The van der Waals surface area contributed by atoms with Gasteiger partial charge in [0.25, 0.3) is 0 Å². The smallest absolute Gasteiger partial charge is 0.0550 e. The van der Waals surface area contributed by atoms with Gasteiger partial charge >= 0.3 is 0 Å². The normalized spacial score (nSPS) is 13.8. The molecule has 3 N–H and O–H groups in total. The van der Waals surface area contributed by atoms with Crippen molar-refractivity contribution in [2.75, 3.05) is 13.1 Å². The zero-order valence-electron chi connectivity index (χ0n) is 11.7. The van der Waals surface area contributed by atoms with E-state index < -0.39 is 0 Å². The number of hydrogen-bond acceptors (Lipinski definition) is 3. The summed E-state index contributed by atoms with van der Waals surface area (Å²) in [7, 11) is 0. The molecule has 0 bridgehead atoms. The quantitative estimate of drug-likeness (QED) is 0.791. The van der Waals surface area contributed by atoms with Crippen LogP contribution < -0.4 is 11.1 Å². The first-order chi connectivity index (χ1) is 8.47. The van der Waals surface area contributed by atoms with Crippen LogP contribution in [0.15, 0.2) is 15.9 Å². The summed E-state index contributed by atoms with van der Waals surface area (Å²) in [5.41, 5.74) is 5.89. The van der Waals surface area contributed by atoms with E-state index in [-0.39, 0.29) is 6.04 Å².